The van der Waals surface area contributed by atoms with Gasteiger partial charge in [0.25, 0.3) is 0 Å². The van der Waals surface area contributed by atoms with Crippen molar-refractivity contribution in [2.45, 2.75) is 72.3 Å². The van der Waals surface area contributed by atoms with Gasteiger partial charge in [-0.3, -0.25) is 0 Å². The molecule has 0 atom stereocenters. The summed E-state index contributed by atoms with van der Waals surface area (Å²) in [5.41, 5.74) is 0. The number of hydrogen-bond donors (Lipinski definition) is 1. The maximum atomic E-state index is 8.06. The molecule has 1 N–H and O–H groups in total. The van der Waals surface area contributed by atoms with Crippen molar-refractivity contribution in [1.29, 1.82) is 0 Å². The first-order chi connectivity index (χ1) is 5.65. The van der Waals surface area contributed by atoms with E-state index in [0.717, 1.165) is 0 Å². The molecule has 0 aromatic carbocycles. The van der Waals surface area contributed by atoms with Gasteiger partial charge in [0.2, 0.25) is 0 Å². The Labute approximate surface area is 78.2 Å². The van der Waals surface area contributed by atoms with Crippen LogP contribution in [0.2, 0.25) is 0 Å². The molecule has 0 bridgehead atoms. The Morgan fingerprint density at radius 2 is 1.08 bits per heavy atom. The van der Waals surface area contributed by atoms with Gasteiger partial charge < -0.3 is 5.11 Å². The van der Waals surface area contributed by atoms with Crippen LogP contribution < -0.4 is 0 Å². The first-order valence-electron chi connectivity index (χ1n) is 5.33. The van der Waals surface area contributed by atoms with Gasteiger partial charge >= 0.3 is 0 Å². The Bertz CT molecular complexity index is 51.3. The van der Waals surface area contributed by atoms with Gasteiger partial charge in [-0.25, -0.2) is 0 Å². The molecule has 0 amide bonds. The Morgan fingerprint density at radius 1 is 0.833 bits per heavy atom. The summed E-state index contributed by atoms with van der Waals surface area (Å²) in [6.45, 7) is 7.96. The SMILES string of the molecule is CC(C)O.CCCCCCCC. The Kier molecular flexibility index (Phi) is 16.3. The Balaban J connectivity index is 0. The van der Waals surface area contributed by atoms with E-state index in [0.29, 0.717) is 0 Å². The molecule has 12 heavy (non-hydrogen) atoms. The lowest BCUT2D eigenvalue weighted by molar-refractivity contribution is 0.216. The Morgan fingerprint density at radius 3 is 1.25 bits per heavy atom. The van der Waals surface area contributed by atoms with Crippen molar-refractivity contribution in [1.82, 2.24) is 0 Å². The number of unbranched alkanes of at least 4 members (excludes halogenated alkanes) is 5. The summed E-state index contributed by atoms with van der Waals surface area (Å²) >= 11 is 0. The van der Waals surface area contributed by atoms with Gasteiger partial charge in [-0.15, -0.1) is 0 Å². The molecule has 0 radical (unpaired) electrons. The fourth-order valence-corrected chi connectivity index (χ4v) is 0.854. The van der Waals surface area contributed by atoms with Crippen LogP contribution in [0.25, 0.3) is 0 Å². The van der Waals surface area contributed by atoms with E-state index in [-0.39, 0.29) is 6.10 Å². The number of rotatable bonds is 5. The van der Waals surface area contributed by atoms with Gasteiger partial charge in [-0.05, 0) is 13.8 Å². The van der Waals surface area contributed by atoms with Crippen LogP contribution in [-0.4, -0.2) is 11.2 Å². The molecule has 0 rings (SSSR count). The van der Waals surface area contributed by atoms with Crippen LogP contribution >= 0.6 is 0 Å². The van der Waals surface area contributed by atoms with Crippen molar-refractivity contribution in [3.63, 3.8) is 0 Å². The van der Waals surface area contributed by atoms with E-state index in [1.807, 2.05) is 0 Å². The zero-order valence-electron chi connectivity index (χ0n) is 9.27. The van der Waals surface area contributed by atoms with Gasteiger partial charge in [0.15, 0.2) is 0 Å². The summed E-state index contributed by atoms with van der Waals surface area (Å²) in [6.07, 6.45) is 8.32. The van der Waals surface area contributed by atoms with Crippen molar-refractivity contribution in [2.75, 3.05) is 0 Å². The second-order valence-corrected chi connectivity index (χ2v) is 3.51. The highest BCUT2D eigenvalue weighted by Gasteiger charge is 1.83. The lowest BCUT2D eigenvalue weighted by atomic mass is 10.1. The van der Waals surface area contributed by atoms with E-state index in [1.54, 1.807) is 13.8 Å². The zero-order valence-corrected chi connectivity index (χ0v) is 9.27. The number of aliphatic hydroxyl groups excluding tert-OH is 1. The third-order valence-electron chi connectivity index (χ3n) is 1.46. The molecule has 0 fully saturated rings. The van der Waals surface area contributed by atoms with Crippen LogP contribution in [0, 0.1) is 0 Å². The minimum absolute atomic E-state index is 0.167. The van der Waals surface area contributed by atoms with Gasteiger partial charge in [0.1, 0.15) is 0 Å². The predicted molar refractivity (Wildman–Crippen MR) is 56.4 cm³/mol. The molecular formula is C11H26O. The second-order valence-electron chi connectivity index (χ2n) is 3.51. The summed E-state index contributed by atoms with van der Waals surface area (Å²) in [5.74, 6) is 0. The molecule has 0 aliphatic carbocycles. The van der Waals surface area contributed by atoms with Crippen molar-refractivity contribution >= 4 is 0 Å². The molecule has 0 aromatic heterocycles. The molecule has 0 aliphatic rings. The summed E-state index contributed by atoms with van der Waals surface area (Å²) in [5, 5.41) is 8.06. The second kappa shape index (κ2) is 13.5. The van der Waals surface area contributed by atoms with Crippen LogP contribution in [0.1, 0.15) is 66.2 Å². The largest absolute Gasteiger partial charge is 0.394 e. The highest BCUT2D eigenvalue weighted by Crippen LogP contribution is 2.03. The fraction of sp³-hybridized carbons (Fsp3) is 1.00. The lowest BCUT2D eigenvalue weighted by Crippen LogP contribution is -1.85. The van der Waals surface area contributed by atoms with Crippen LogP contribution in [0.15, 0.2) is 0 Å². The summed E-state index contributed by atoms with van der Waals surface area (Å²) in [6, 6.07) is 0. The molecule has 0 unspecified atom stereocenters. The first kappa shape index (κ1) is 14.5. The van der Waals surface area contributed by atoms with Crippen LogP contribution in [0.4, 0.5) is 0 Å². The van der Waals surface area contributed by atoms with Gasteiger partial charge in [0.05, 0.1) is 0 Å². The standard InChI is InChI=1S/C8H18.C3H8O/c1-3-5-7-8-6-4-2;1-3(2)4/h3-8H2,1-2H3;3-4H,1-2H3. The monoisotopic (exact) mass is 174 g/mol. The van der Waals surface area contributed by atoms with Gasteiger partial charge in [-0.2, -0.15) is 0 Å². The topological polar surface area (TPSA) is 20.2 Å². The van der Waals surface area contributed by atoms with E-state index in [2.05, 4.69) is 13.8 Å². The smallest absolute Gasteiger partial charge is 0.0483 e. The molecule has 0 saturated carbocycles. The maximum Gasteiger partial charge on any atom is 0.0483 e. The van der Waals surface area contributed by atoms with Crippen LogP contribution in [-0.2, 0) is 0 Å². The molecular weight excluding hydrogens is 148 g/mol. The minimum Gasteiger partial charge on any atom is -0.394 e. The van der Waals surface area contributed by atoms with Crippen LogP contribution in [0.3, 0.4) is 0 Å². The van der Waals surface area contributed by atoms with Crippen molar-refractivity contribution in [3.05, 3.63) is 0 Å². The first-order valence-corrected chi connectivity index (χ1v) is 5.33. The number of aliphatic hydroxyl groups is 1. The summed E-state index contributed by atoms with van der Waals surface area (Å²) in [7, 11) is 0. The van der Waals surface area contributed by atoms with E-state index < -0.39 is 0 Å². The maximum absolute atomic E-state index is 8.06. The molecule has 1 heteroatoms. The van der Waals surface area contributed by atoms with E-state index in [9.17, 15) is 0 Å². The highest BCUT2D eigenvalue weighted by atomic mass is 16.3. The molecule has 0 aliphatic heterocycles. The van der Waals surface area contributed by atoms with E-state index >= 15 is 0 Å². The summed E-state index contributed by atoms with van der Waals surface area (Å²) < 4.78 is 0. The zero-order chi connectivity index (χ0) is 9.82. The average molecular weight is 174 g/mol. The molecule has 0 spiro atoms. The normalized spacial score (nSPS) is 9.50. The van der Waals surface area contributed by atoms with Gasteiger partial charge in [-0.1, -0.05) is 52.4 Å². The third-order valence-corrected chi connectivity index (χ3v) is 1.46. The lowest BCUT2D eigenvalue weighted by Gasteiger charge is -1.93. The van der Waals surface area contributed by atoms with Crippen molar-refractivity contribution < 1.29 is 5.11 Å². The highest BCUT2D eigenvalue weighted by molar-refractivity contribution is 4.39. The molecule has 76 valence electrons. The van der Waals surface area contributed by atoms with Crippen molar-refractivity contribution in [2.24, 2.45) is 0 Å². The number of hydrogen-bond acceptors (Lipinski definition) is 1. The fourth-order valence-electron chi connectivity index (χ4n) is 0.854. The third kappa shape index (κ3) is 32.5. The van der Waals surface area contributed by atoms with E-state index in [4.69, 9.17) is 5.11 Å². The molecule has 0 heterocycles. The minimum atomic E-state index is -0.167. The van der Waals surface area contributed by atoms with Crippen LogP contribution in [0.5, 0.6) is 0 Å². The molecule has 0 saturated heterocycles. The van der Waals surface area contributed by atoms with Gasteiger partial charge in [0, 0.05) is 6.10 Å². The molecule has 1 nitrogen and oxygen atoms in total. The quantitative estimate of drug-likeness (QED) is 0.629. The predicted octanol–water partition coefficient (Wildman–Crippen LogP) is 3.75. The van der Waals surface area contributed by atoms with E-state index in [1.165, 1.54) is 38.5 Å². The average Bonchev–Trinajstić information content (AvgIpc) is 1.97. The summed E-state index contributed by atoms with van der Waals surface area (Å²) in [4.78, 5) is 0. The van der Waals surface area contributed by atoms with Crippen molar-refractivity contribution in [3.8, 4) is 0 Å². The molecule has 0 aromatic rings. The Hall–Kier alpha value is -0.0400.